The summed E-state index contributed by atoms with van der Waals surface area (Å²) >= 11 is 0. The third-order valence-electron chi connectivity index (χ3n) is 3.26. The van der Waals surface area contributed by atoms with Gasteiger partial charge in [0.15, 0.2) is 0 Å². The van der Waals surface area contributed by atoms with E-state index in [4.69, 9.17) is 5.26 Å². The van der Waals surface area contributed by atoms with E-state index in [-0.39, 0.29) is 31.5 Å². The summed E-state index contributed by atoms with van der Waals surface area (Å²) in [7, 11) is 1.86. The van der Waals surface area contributed by atoms with Crippen LogP contribution in [0.3, 0.4) is 0 Å². The van der Waals surface area contributed by atoms with Gasteiger partial charge in [0, 0.05) is 25.7 Å². The van der Waals surface area contributed by atoms with Crippen molar-refractivity contribution in [1.82, 2.24) is 19.9 Å². The SMILES string of the molecule is C[N+]1=C=[N+](c2[c-]ccnc2)N=C1.N#Cc1c(F)c[c-]c(-c2ncncn2)c1F.[Ir]. The molecule has 0 spiro atoms. The summed E-state index contributed by atoms with van der Waals surface area (Å²) in [5, 5.41) is 12.6. The van der Waals surface area contributed by atoms with E-state index in [1.165, 1.54) is 18.7 Å². The molecule has 0 N–H and O–H groups in total. The number of pyridine rings is 1. The zero-order valence-corrected chi connectivity index (χ0v) is 17.1. The molecule has 0 fully saturated rings. The number of hydrazone groups is 1. The molecular weight excluding hydrogens is 558 g/mol. The van der Waals surface area contributed by atoms with Gasteiger partial charge in [-0.05, 0) is 6.20 Å². The summed E-state index contributed by atoms with van der Waals surface area (Å²) in [6, 6.07) is 12.3. The van der Waals surface area contributed by atoms with Gasteiger partial charge in [-0.1, -0.05) is 11.8 Å². The fourth-order valence-electron chi connectivity index (χ4n) is 2.01. The van der Waals surface area contributed by atoms with Gasteiger partial charge >= 0.3 is 12.3 Å². The first-order valence-corrected chi connectivity index (χ1v) is 7.67. The van der Waals surface area contributed by atoms with Crippen molar-refractivity contribution in [3.05, 3.63) is 66.5 Å². The summed E-state index contributed by atoms with van der Waals surface area (Å²) in [5.74, 6) is -1.98. The molecule has 0 bridgehead atoms. The molecule has 0 unspecified atom stereocenters. The van der Waals surface area contributed by atoms with Gasteiger partial charge in [-0.2, -0.15) is 11.3 Å². The average molecular weight is 569 g/mol. The number of benzene rings is 1. The first-order chi connectivity index (χ1) is 13.6. The topological polar surface area (TPSA) is 93.7 Å². The molecule has 29 heavy (non-hydrogen) atoms. The van der Waals surface area contributed by atoms with Crippen LogP contribution in [0.25, 0.3) is 11.4 Å². The average Bonchev–Trinajstić information content (AvgIpc) is 3.17. The van der Waals surface area contributed by atoms with Crippen molar-refractivity contribution < 1.29 is 38.1 Å². The van der Waals surface area contributed by atoms with Crippen LogP contribution in [-0.4, -0.2) is 48.6 Å². The van der Waals surface area contributed by atoms with E-state index in [0.29, 0.717) is 0 Å². The molecule has 8 nitrogen and oxygen atoms in total. The van der Waals surface area contributed by atoms with E-state index in [2.05, 4.69) is 43.2 Å². The molecule has 0 saturated carbocycles. The summed E-state index contributed by atoms with van der Waals surface area (Å²) in [4.78, 5) is 14.9. The molecule has 3 aromatic rings. The molecule has 1 aliphatic heterocycles. The Hall–Kier alpha value is -3.57. The Morgan fingerprint density at radius 1 is 1.17 bits per heavy atom. The Kier molecular flexibility index (Phi) is 7.57. The monoisotopic (exact) mass is 569 g/mol. The standard InChI is InChI=1S/C10H3F2N4.C8H7N4.Ir/c11-8-2-1-6(9(12)7(8)3-13)10-15-4-14-5-16-10;1-11-6-10-12(7-11)8-3-2-4-9-5-8;/h2,4-5H;2,4-6H,1H3;/q-1;+1;. The molecule has 1 aliphatic rings. The van der Waals surface area contributed by atoms with Crippen LogP contribution in [0, 0.1) is 35.1 Å². The van der Waals surface area contributed by atoms with Gasteiger partial charge in [0.2, 0.25) is 5.10 Å². The zero-order chi connectivity index (χ0) is 19.9. The molecule has 2 aromatic heterocycles. The molecule has 4 rings (SSSR count). The summed E-state index contributed by atoms with van der Waals surface area (Å²) < 4.78 is 30.0. The summed E-state index contributed by atoms with van der Waals surface area (Å²) in [6.45, 7) is 0. The van der Waals surface area contributed by atoms with Crippen molar-refractivity contribution in [2.45, 2.75) is 0 Å². The second-order valence-corrected chi connectivity index (χ2v) is 5.15. The fourth-order valence-corrected chi connectivity index (χ4v) is 2.01. The summed E-state index contributed by atoms with van der Waals surface area (Å²) in [6.07, 6.45) is 7.37. The third-order valence-corrected chi connectivity index (χ3v) is 3.26. The van der Waals surface area contributed by atoms with Crippen molar-refractivity contribution in [1.29, 1.82) is 5.26 Å². The molecule has 11 heteroatoms. The molecule has 1 aromatic carbocycles. The van der Waals surface area contributed by atoms with Gasteiger partial charge in [0.25, 0.3) is 0 Å². The first kappa shape index (κ1) is 21.7. The number of halogens is 2. The van der Waals surface area contributed by atoms with Crippen molar-refractivity contribution in [2.24, 2.45) is 5.10 Å². The molecule has 0 atom stereocenters. The largest absolute Gasteiger partial charge is 0.420 e. The molecule has 0 aliphatic carbocycles. The van der Waals surface area contributed by atoms with E-state index < -0.39 is 17.2 Å². The Labute approximate surface area is 177 Å². The minimum absolute atomic E-state index is 0. The Balaban J connectivity index is 0.000000207. The maximum Gasteiger partial charge on any atom is 0.420 e. The zero-order valence-electron chi connectivity index (χ0n) is 14.7. The van der Waals surface area contributed by atoms with E-state index in [0.717, 1.165) is 11.8 Å². The fraction of sp³-hybridized carbons (Fsp3) is 0.0556. The van der Waals surface area contributed by atoms with E-state index in [9.17, 15) is 8.78 Å². The maximum absolute atomic E-state index is 13.6. The van der Waals surface area contributed by atoms with Crippen LogP contribution in [-0.2, 0) is 20.1 Å². The number of aromatic nitrogens is 4. The maximum atomic E-state index is 13.6. The van der Waals surface area contributed by atoms with Crippen LogP contribution >= 0.6 is 0 Å². The number of nitrogens with zero attached hydrogens (tertiary/aromatic N) is 8. The quantitative estimate of drug-likeness (QED) is 0.347. The number of hydrogen-bond donors (Lipinski definition) is 0. The number of nitriles is 1. The molecule has 145 valence electrons. The second kappa shape index (κ2) is 10.1. The predicted molar refractivity (Wildman–Crippen MR) is 91.4 cm³/mol. The minimum Gasteiger partial charge on any atom is -0.386 e. The minimum atomic E-state index is -1.02. The van der Waals surface area contributed by atoms with Crippen molar-refractivity contribution in [3.8, 4) is 17.5 Å². The Morgan fingerprint density at radius 3 is 2.52 bits per heavy atom. The predicted octanol–water partition coefficient (Wildman–Crippen LogP) is 1.79. The van der Waals surface area contributed by atoms with Crippen LogP contribution in [0.2, 0.25) is 0 Å². The second-order valence-electron chi connectivity index (χ2n) is 5.15. The van der Waals surface area contributed by atoms with Crippen LogP contribution in [0.15, 0.2) is 42.3 Å². The number of hydrogen-bond acceptors (Lipinski definition) is 6. The van der Waals surface area contributed by atoms with Gasteiger partial charge in [-0.25, -0.2) is 4.98 Å². The van der Waals surface area contributed by atoms with Gasteiger partial charge in [0.1, 0.15) is 25.4 Å². The molecule has 1 radical (unpaired) electrons. The Morgan fingerprint density at radius 2 is 1.93 bits per heavy atom. The van der Waals surface area contributed by atoms with Gasteiger partial charge in [-0.3, -0.25) is 18.7 Å². The van der Waals surface area contributed by atoms with Crippen LogP contribution in [0.5, 0.6) is 0 Å². The van der Waals surface area contributed by atoms with E-state index >= 15 is 0 Å². The first-order valence-electron chi connectivity index (χ1n) is 7.67. The van der Waals surface area contributed by atoms with Crippen molar-refractivity contribution >= 4 is 18.0 Å². The smallest absolute Gasteiger partial charge is 0.386 e. The molecule has 0 saturated heterocycles. The van der Waals surface area contributed by atoms with E-state index in [1.54, 1.807) is 34.1 Å². The molecular formula is C18H10F2IrN8. The third kappa shape index (κ3) is 5.24. The summed E-state index contributed by atoms with van der Waals surface area (Å²) in [5.41, 5.74) is -0.0346. The number of rotatable bonds is 2. The van der Waals surface area contributed by atoms with E-state index in [1.807, 2.05) is 7.05 Å². The molecule has 0 amide bonds. The van der Waals surface area contributed by atoms with Crippen LogP contribution in [0.4, 0.5) is 14.5 Å². The van der Waals surface area contributed by atoms with Crippen molar-refractivity contribution in [2.75, 3.05) is 7.05 Å². The van der Waals surface area contributed by atoms with Gasteiger partial charge in [-0.15, -0.1) is 22.8 Å². The normalized spacial score (nSPS) is 11.4. The van der Waals surface area contributed by atoms with Gasteiger partial charge < -0.3 is 4.98 Å². The van der Waals surface area contributed by atoms with Gasteiger partial charge in [0.05, 0.1) is 28.2 Å². The van der Waals surface area contributed by atoms with Crippen LogP contribution < -0.4 is 0 Å². The van der Waals surface area contributed by atoms with Crippen LogP contribution in [0.1, 0.15) is 5.56 Å². The Bertz CT molecular complexity index is 1140. The van der Waals surface area contributed by atoms with Crippen molar-refractivity contribution in [3.63, 3.8) is 0 Å². The molecule has 3 heterocycles.